The van der Waals surface area contributed by atoms with Crippen LogP contribution in [0.2, 0.25) is 0 Å². The number of benzene rings is 1. The van der Waals surface area contributed by atoms with Gasteiger partial charge in [-0.05, 0) is 37.0 Å². The third-order valence-electron chi connectivity index (χ3n) is 4.04. The minimum absolute atomic E-state index is 0.0724. The normalized spacial score (nSPS) is 15.1. The lowest BCUT2D eigenvalue weighted by Crippen LogP contribution is -2.38. The van der Waals surface area contributed by atoms with E-state index in [1.54, 1.807) is 24.0 Å². The second-order valence-corrected chi connectivity index (χ2v) is 5.99. The third kappa shape index (κ3) is 4.68. The molecule has 0 radical (unpaired) electrons. The number of halogens is 1. The van der Waals surface area contributed by atoms with Gasteiger partial charge >= 0.3 is 5.97 Å². The maximum atomic E-state index is 13.6. The maximum absolute atomic E-state index is 13.6. The summed E-state index contributed by atoms with van der Waals surface area (Å²) in [6.07, 6.45) is 2.52. The van der Waals surface area contributed by atoms with Gasteiger partial charge in [0.2, 0.25) is 5.91 Å². The highest BCUT2D eigenvalue weighted by Gasteiger charge is 2.34. The van der Waals surface area contributed by atoms with Crippen LogP contribution in [0.15, 0.2) is 18.2 Å². The molecule has 2 rings (SSSR count). The van der Waals surface area contributed by atoms with E-state index >= 15 is 0 Å². The molecule has 1 aromatic rings. The zero-order valence-electron chi connectivity index (χ0n) is 13.4. The number of carboxylic acid groups (broad SMARTS) is 1. The molecule has 5 nitrogen and oxygen atoms in total. The third-order valence-corrected chi connectivity index (χ3v) is 4.04. The second kappa shape index (κ2) is 7.44. The van der Waals surface area contributed by atoms with E-state index < -0.39 is 17.7 Å². The Morgan fingerprint density at radius 1 is 1.43 bits per heavy atom. The van der Waals surface area contributed by atoms with Gasteiger partial charge in [0, 0.05) is 19.0 Å². The molecule has 1 aliphatic rings. The van der Waals surface area contributed by atoms with Crippen LogP contribution < -0.4 is 4.74 Å². The molecule has 6 heteroatoms. The molecule has 1 aliphatic carbocycles. The summed E-state index contributed by atoms with van der Waals surface area (Å²) in [6, 6.07) is 4.81. The number of nitrogens with zero attached hydrogens (tertiary/aromatic N) is 1. The van der Waals surface area contributed by atoms with Gasteiger partial charge in [-0.3, -0.25) is 9.59 Å². The average molecular weight is 323 g/mol. The van der Waals surface area contributed by atoms with Crippen LogP contribution in [0.3, 0.4) is 0 Å². The molecule has 1 unspecified atom stereocenters. The molecule has 0 bridgehead atoms. The molecule has 1 fully saturated rings. The van der Waals surface area contributed by atoms with Gasteiger partial charge in [-0.2, -0.15) is 0 Å². The lowest BCUT2D eigenvalue weighted by Gasteiger charge is -2.24. The Labute approximate surface area is 135 Å². The second-order valence-electron chi connectivity index (χ2n) is 5.99. The molecule has 0 aromatic heterocycles. The van der Waals surface area contributed by atoms with Gasteiger partial charge in [0.25, 0.3) is 0 Å². The Morgan fingerprint density at radius 3 is 2.65 bits per heavy atom. The van der Waals surface area contributed by atoms with Gasteiger partial charge in [-0.25, -0.2) is 4.39 Å². The van der Waals surface area contributed by atoms with E-state index in [4.69, 9.17) is 9.84 Å². The zero-order chi connectivity index (χ0) is 17.0. The van der Waals surface area contributed by atoms with Crippen LogP contribution in [0.1, 0.15) is 31.7 Å². The molecule has 1 saturated carbocycles. The number of carboxylic acids is 1. The molecule has 0 heterocycles. The summed E-state index contributed by atoms with van der Waals surface area (Å²) in [5.41, 5.74) is 0.721. The van der Waals surface area contributed by atoms with Crippen molar-refractivity contribution in [2.45, 2.75) is 38.6 Å². The number of aryl methyl sites for hydroxylation is 1. The fourth-order valence-corrected chi connectivity index (χ4v) is 2.47. The topological polar surface area (TPSA) is 66.8 Å². The van der Waals surface area contributed by atoms with E-state index in [1.807, 2.05) is 0 Å². The van der Waals surface area contributed by atoms with Gasteiger partial charge < -0.3 is 14.7 Å². The Bertz CT molecular complexity index is 586. The van der Waals surface area contributed by atoms with Crippen molar-refractivity contribution in [2.24, 2.45) is 5.92 Å². The number of ether oxygens (including phenoxy) is 1. The standard InChI is InChI=1S/C17H22FNO4/c1-11(17(21)22)10-19(13-5-6-13)16(20)8-4-12-3-7-15(23-2)14(18)9-12/h3,7,9,11,13H,4-6,8,10H2,1-2H3,(H,21,22). The van der Waals surface area contributed by atoms with E-state index in [-0.39, 0.29) is 30.7 Å². The van der Waals surface area contributed by atoms with E-state index in [2.05, 4.69) is 0 Å². The Morgan fingerprint density at radius 2 is 2.13 bits per heavy atom. The molecule has 1 aromatic carbocycles. The highest BCUT2D eigenvalue weighted by atomic mass is 19.1. The number of aliphatic carboxylic acids is 1. The van der Waals surface area contributed by atoms with Crippen LogP contribution >= 0.6 is 0 Å². The smallest absolute Gasteiger partial charge is 0.308 e. The van der Waals surface area contributed by atoms with E-state index in [0.717, 1.165) is 18.4 Å². The van der Waals surface area contributed by atoms with Crippen molar-refractivity contribution < 1.29 is 23.8 Å². The van der Waals surface area contributed by atoms with Crippen molar-refractivity contribution in [3.63, 3.8) is 0 Å². The van der Waals surface area contributed by atoms with Crippen molar-refractivity contribution in [3.05, 3.63) is 29.6 Å². The number of rotatable bonds is 8. The van der Waals surface area contributed by atoms with Crippen LogP contribution in [-0.2, 0) is 16.0 Å². The lowest BCUT2D eigenvalue weighted by molar-refractivity contribution is -0.143. The Balaban J connectivity index is 1.94. The summed E-state index contributed by atoms with van der Waals surface area (Å²) >= 11 is 0. The minimum atomic E-state index is -0.902. The van der Waals surface area contributed by atoms with Crippen LogP contribution in [-0.4, -0.2) is 41.6 Å². The largest absolute Gasteiger partial charge is 0.494 e. The van der Waals surface area contributed by atoms with E-state index in [1.165, 1.54) is 13.2 Å². The molecule has 0 spiro atoms. The van der Waals surface area contributed by atoms with Gasteiger partial charge in [-0.1, -0.05) is 13.0 Å². The zero-order valence-corrected chi connectivity index (χ0v) is 13.4. The van der Waals surface area contributed by atoms with Gasteiger partial charge in [-0.15, -0.1) is 0 Å². The highest BCUT2D eigenvalue weighted by Crippen LogP contribution is 2.28. The van der Waals surface area contributed by atoms with Crippen LogP contribution in [0.25, 0.3) is 0 Å². The highest BCUT2D eigenvalue weighted by molar-refractivity contribution is 5.78. The summed E-state index contributed by atoms with van der Waals surface area (Å²) in [6.45, 7) is 1.83. The van der Waals surface area contributed by atoms with Crippen molar-refractivity contribution in [3.8, 4) is 5.75 Å². The monoisotopic (exact) mass is 323 g/mol. The number of hydrogen-bond donors (Lipinski definition) is 1. The number of methoxy groups -OCH3 is 1. The van der Waals surface area contributed by atoms with Crippen LogP contribution in [0.5, 0.6) is 5.75 Å². The Hall–Kier alpha value is -2.11. The van der Waals surface area contributed by atoms with Gasteiger partial charge in [0.15, 0.2) is 11.6 Å². The van der Waals surface area contributed by atoms with Crippen molar-refractivity contribution in [1.29, 1.82) is 0 Å². The van der Waals surface area contributed by atoms with Crippen molar-refractivity contribution in [2.75, 3.05) is 13.7 Å². The Kier molecular flexibility index (Phi) is 5.58. The number of carbonyl (C=O) groups excluding carboxylic acids is 1. The lowest BCUT2D eigenvalue weighted by atomic mass is 10.1. The van der Waals surface area contributed by atoms with E-state index in [0.29, 0.717) is 6.42 Å². The first-order chi connectivity index (χ1) is 10.9. The van der Waals surface area contributed by atoms with Gasteiger partial charge in [0.1, 0.15) is 0 Å². The molecular weight excluding hydrogens is 301 g/mol. The molecule has 0 saturated heterocycles. The predicted octanol–water partition coefficient (Wildman–Crippen LogP) is 2.48. The van der Waals surface area contributed by atoms with Crippen molar-refractivity contribution >= 4 is 11.9 Å². The number of hydrogen-bond acceptors (Lipinski definition) is 3. The molecule has 1 N–H and O–H groups in total. The fraction of sp³-hybridized carbons (Fsp3) is 0.529. The first kappa shape index (κ1) is 17.2. The average Bonchev–Trinajstić information content (AvgIpc) is 3.34. The first-order valence-electron chi connectivity index (χ1n) is 7.77. The van der Waals surface area contributed by atoms with Crippen molar-refractivity contribution in [1.82, 2.24) is 4.90 Å². The summed E-state index contributed by atoms with van der Waals surface area (Å²) in [7, 11) is 1.40. The molecule has 1 atom stereocenters. The summed E-state index contributed by atoms with van der Waals surface area (Å²) in [4.78, 5) is 25.0. The summed E-state index contributed by atoms with van der Waals surface area (Å²) in [5, 5.41) is 9.01. The molecule has 0 aliphatic heterocycles. The molecular formula is C17H22FNO4. The number of carbonyl (C=O) groups is 2. The summed E-state index contributed by atoms with van der Waals surface area (Å²) in [5.74, 6) is -1.83. The summed E-state index contributed by atoms with van der Waals surface area (Å²) < 4.78 is 18.5. The quantitative estimate of drug-likeness (QED) is 0.798. The van der Waals surface area contributed by atoms with E-state index in [9.17, 15) is 14.0 Å². The molecule has 126 valence electrons. The molecule has 23 heavy (non-hydrogen) atoms. The van der Waals surface area contributed by atoms with Crippen LogP contribution in [0.4, 0.5) is 4.39 Å². The maximum Gasteiger partial charge on any atom is 0.308 e. The number of amides is 1. The minimum Gasteiger partial charge on any atom is -0.494 e. The SMILES string of the molecule is COc1ccc(CCC(=O)N(CC(C)C(=O)O)C2CC2)cc1F. The predicted molar refractivity (Wildman–Crippen MR) is 82.8 cm³/mol. The van der Waals surface area contributed by atoms with Gasteiger partial charge in [0.05, 0.1) is 13.0 Å². The van der Waals surface area contributed by atoms with Crippen LogP contribution in [0, 0.1) is 11.7 Å². The fourth-order valence-electron chi connectivity index (χ4n) is 2.47. The molecule has 1 amide bonds. The first-order valence-corrected chi connectivity index (χ1v) is 7.77.